The van der Waals surface area contributed by atoms with Crippen molar-refractivity contribution < 1.29 is 13.2 Å². The number of sulfonamides is 1. The Bertz CT molecular complexity index is 1330. The van der Waals surface area contributed by atoms with Gasteiger partial charge in [0.2, 0.25) is 15.9 Å². The van der Waals surface area contributed by atoms with Crippen molar-refractivity contribution in [1.29, 1.82) is 0 Å². The molecule has 4 rings (SSSR count). The van der Waals surface area contributed by atoms with E-state index in [0.29, 0.717) is 26.2 Å². The summed E-state index contributed by atoms with van der Waals surface area (Å²) in [6, 6.07) is 22.7. The van der Waals surface area contributed by atoms with Gasteiger partial charge in [-0.2, -0.15) is 4.72 Å². The summed E-state index contributed by atoms with van der Waals surface area (Å²) in [5, 5.41) is 0.285. The third-order valence-electron chi connectivity index (χ3n) is 6.22. The Morgan fingerprint density at radius 1 is 0.919 bits per heavy atom. The lowest BCUT2D eigenvalue weighted by molar-refractivity contribution is -0.134. The quantitative estimate of drug-likeness (QED) is 0.412. The van der Waals surface area contributed by atoms with Crippen LogP contribution in [0.5, 0.6) is 0 Å². The van der Waals surface area contributed by atoms with E-state index in [2.05, 4.69) is 33.9 Å². The van der Waals surface area contributed by atoms with Crippen LogP contribution in [0.4, 0.5) is 0 Å². The summed E-state index contributed by atoms with van der Waals surface area (Å²) in [5.41, 5.74) is 2.00. The van der Waals surface area contributed by atoms with Crippen molar-refractivity contribution in [3.8, 4) is 0 Å². The third-order valence-corrected chi connectivity index (χ3v) is 8.41. The first kappa shape index (κ1) is 27.4. The van der Waals surface area contributed by atoms with E-state index in [0.717, 1.165) is 17.7 Å². The van der Waals surface area contributed by atoms with Crippen LogP contribution in [0.2, 0.25) is 10.0 Å². The Morgan fingerprint density at radius 3 is 2.24 bits per heavy atom. The molecule has 3 aromatic rings. The minimum Gasteiger partial charge on any atom is -0.339 e. The lowest BCUT2D eigenvalue weighted by atomic mass is 10.1. The highest BCUT2D eigenvalue weighted by Crippen LogP contribution is 2.25. The molecule has 0 unspecified atom stereocenters. The van der Waals surface area contributed by atoms with Crippen LogP contribution in [0, 0.1) is 0 Å². The Morgan fingerprint density at radius 2 is 1.57 bits per heavy atom. The number of hydrogen-bond donors (Lipinski definition) is 1. The minimum absolute atomic E-state index is 0.0416. The van der Waals surface area contributed by atoms with E-state index >= 15 is 0 Å². The summed E-state index contributed by atoms with van der Waals surface area (Å²) in [7, 11) is -4.10. The fourth-order valence-electron chi connectivity index (χ4n) is 4.24. The maximum absolute atomic E-state index is 13.6. The zero-order chi connectivity index (χ0) is 26.3. The number of halogens is 2. The van der Waals surface area contributed by atoms with Gasteiger partial charge in [-0.25, -0.2) is 8.42 Å². The molecule has 3 aromatic carbocycles. The Hall–Kier alpha value is -2.68. The van der Waals surface area contributed by atoms with Gasteiger partial charge >= 0.3 is 0 Å². The second kappa shape index (κ2) is 12.7. The Kier molecular flexibility index (Phi) is 9.40. The van der Waals surface area contributed by atoms with Crippen molar-refractivity contribution in [2.75, 3.05) is 32.7 Å². The molecule has 1 saturated heterocycles. The molecular weight excluding hydrogens is 529 g/mol. The van der Waals surface area contributed by atoms with Crippen LogP contribution in [0.1, 0.15) is 11.1 Å². The summed E-state index contributed by atoms with van der Waals surface area (Å²) in [4.78, 5) is 17.4. The fraction of sp³-hybridized carbons (Fsp3) is 0.250. The Balaban J connectivity index is 1.44. The molecular formula is C28H29Cl2N3O3S. The first-order valence-electron chi connectivity index (χ1n) is 12.1. The van der Waals surface area contributed by atoms with E-state index in [4.69, 9.17) is 23.2 Å². The van der Waals surface area contributed by atoms with Crippen molar-refractivity contribution in [1.82, 2.24) is 14.5 Å². The smallest absolute Gasteiger partial charge is 0.242 e. The predicted octanol–water partition coefficient (Wildman–Crippen LogP) is 4.74. The first-order valence-corrected chi connectivity index (χ1v) is 14.3. The maximum atomic E-state index is 13.6. The van der Waals surface area contributed by atoms with Crippen LogP contribution in [0.25, 0.3) is 6.08 Å². The molecule has 1 N–H and O–H groups in total. The van der Waals surface area contributed by atoms with Gasteiger partial charge in [0.25, 0.3) is 0 Å². The summed E-state index contributed by atoms with van der Waals surface area (Å²) < 4.78 is 29.1. The summed E-state index contributed by atoms with van der Waals surface area (Å²) in [6.07, 6.45) is 4.42. The molecule has 0 spiro atoms. The molecule has 194 valence electrons. The van der Waals surface area contributed by atoms with Crippen LogP contribution >= 0.6 is 23.2 Å². The van der Waals surface area contributed by atoms with Gasteiger partial charge in [-0.15, -0.1) is 0 Å². The highest BCUT2D eigenvalue weighted by Gasteiger charge is 2.32. The molecule has 1 aliphatic heterocycles. The van der Waals surface area contributed by atoms with E-state index in [-0.39, 0.29) is 27.3 Å². The van der Waals surface area contributed by atoms with Gasteiger partial charge in [0.15, 0.2) is 0 Å². The van der Waals surface area contributed by atoms with Gasteiger partial charge in [0.05, 0.1) is 5.02 Å². The van der Waals surface area contributed by atoms with Crippen LogP contribution in [-0.2, 0) is 21.2 Å². The van der Waals surface area contributed by atoms with E-state index in [9.17, 15) is 13.2 Å². The van der Waals surface area contributed by atoms with Crippen LogP contribution in [0.15, 0.2) is 89.8 Å². The van der Waals surface area contributed by atoms with Crippen molar-refractivity contribution >= 4 is 45.2 Å². The van der Waals surface area contributed by atoms with Gasteiger partial charge < -0.3 is 4.90 Å². The van der Waals surface area contributed by atoms with E-state index in [1.165, 1.54) is 18.2 Å². The highest BCUT2D eigenvalue weighted by atomic mass is 35.5. The van der Waals surface area contributed by atoms with Gasteiger partial charge in [-0.1, -0.05) is 96.0 Å². The summed E-state index contributed by atoms with van der Waals surface area (Å²) in [5.74, 6) is -0.259. The molecule has 1 fully saturated rings. The summed E-state index contributed by atoms with van der Waals surface area (Å²) >= 11 is 12.2. The minimum atomic E-state index is -4.10. The molecule has 1 amide bonds. The highest BCUT2D eigenvalue weighted by molar-refractivity contribution is 7.89. The molecule has 0 saturated carbocycles. The molecule has 1 heterocycles. The van der Waals surface area contributed by atoms with Crippen molar-refractivity contribution in [2.45, 2.75) is 17.4 Å². The SMILES string of the molecule is O=C([C@H](Cc1ccccc1)NS(=O)(=O)c1cc(Cl)ccc1Cl)N1CCN(C/C=C/c2ccccc2)CC1. The molecule has 6 nitrogen and oxygen atoms in total. The number of benzene rings is 3. The van der Waals surface area contributed by atoms with E-state index in [1.807, 2.05) is 48.5 Å². The summed E-state index contributed by atoms with van der Waals surface area (Å²) in [6.45, 7) is 3.22. The molecule has 1 atom stereocenters. The van der Waals surface area contributed by atoms with Gasteiger partial charge in [-0.05, 0) is 35.7 Å². The largest absolute Gasteiger partial charge is 0.339 e. The van der Waals surface area contributed by atoms with Crippen molar-refractivity contribution in [3.05, 3.63) is 106 Å². The lowest BCUT2D eigenvalue weighted by Gasteiger charge is -2.36. The lowest BCUT2D eigenvalue weighted by Crippen LogP contribution is -2.55. The average molecular weight is 559 g/mol. The number of nitrogens with zero attached hydrogens (tertiary/aromatic N) is 2. The zero-order valence-electron chi connectivity index (χ0n) is 20.3. The normalized spacial score (nSPS) is 15.7. The van der Waals surface area contributed by atoms with Gasteiger partial charge in [-0.3, -0.25) is 9.69 Å². The third kappa shape index (κ3) is 7.66. The molecule has 0 bridgehead atoms. The molecule has 0 aromatic heterocycles. The second-order valence-electron chi connectivity index (χ2n) is 8.88. The zero-order valence-corrected chi connectivity index (χ0v) is 22.6. The predicted molar refractivity (Wildman–Crippen MR) is 149 cm³/mol. The molecule has 37 heavy (non-hydrogen) atoms. The Labute approximate surface area is 228 Å². The van der Waals surface area contributed by atoms with E-state index < -0.39 is 16.1 Å². The van der Waals surface area contributed by atoms with Crippen LogP contribution in [0.3, 0.4) is 0 Å². The van der Waals surface area contributed by atoms with Crippen LogP contribution in [-0.4, -0.2) is 62.9 Å². The first-order chi connectivity index (χ1) is 17.8. The van der Waals surface area contributed by atoms with E-state index in [1.54, 1.807) is 4.90 Å². The fourth-order valence-corrected chi connectivity index (χ4v) is 6.19. The van der Waals surface area contributed by atoms with Crippen molar-refractivity contribution in [3.63, 3.8) is 0 Å². The monoisotopic (exact) mass is 557 g/mol. The van der Waals surface area contributed by atoms with Gasteiger partial charge in [0.1, 0.15) is 10.9 Å². The number of rotatable bonds is 9. The number of carbonyl (C=O) groups is 1. The second-order valence-corrected chi connectivity index (χ2v) is 11.4. The number of carbonyl (C=O) groups excluding carboxylic acids is 1. The number of amides is 1. The standard InChI is InChI=1S/C28H29Cl2N3O3S/c29-24-13-14-25(30)27(21-24)37(35,36)31-26(20-23-10-5-2-6-11-23)28(34)33-18-16-32(17-19-33)15-7-12-22-8-3-1-4-9-22/h1-14,21,26,31H,15-20H2/b12-7+/t26-/m0/s1. The number of piperazine rings is 1. The van der Waals surface area contributed by atoms with Crippen LogP contribution < -0.4 is 4.72 Å². The number of nitrogens with one attached hydrogen (secondary N) is 1. The maximum Gasteiger partial charge on any atom is 0.242 e. The molecule has 0 aliphatic carbocycles. The average Bonchev–Trinajstić information content (AvgIpc) is 2.91. The van der Waals surface area contributed by atoms with Gasteiger partial charge in [0, 0.05) is 37.7 Å². The number of hydrogen-bond acceptors (Lipinski definition) is 4. The molecule has 9 heteroatoms. The molecule has 1 aliphatic rings. The molecule has 0 radical (unpaired) electrons. The topological polar surface area (TPSA) is 69.7 Å². The van der Waals surface area contributed by atoms with Crippen molar-refractivity contribution in [2.24, 2.45) is 0 Å².